The highest BCUT2D eigenvalue weighted by atomic mass is 16.6. The number of nitro groups is 1. The molecule has 0 N–H and O–H groups in total. The van der Waals surface area contributed by atoms with Crippen molar-refractivity contribution >= 4 is 22.6 Å². The lowest BCUT2D eigenvalue weighted by Crippen LogP contribution is -2.21. The van der Waals surface area contributed by atoms with Crippen molar-refractivity contribution in [1.82, 2.24) is 9.55 Å². The molecule has 0 aliphatic carbocycles. The molecule has 0 saturated heterocycles. The molecule has 1 heterocycles. The average molecular weight is 367 g/mol. The van der Waals surface area contributed by atoms with Gasteiger partial charge in [-0.2, -0.15) is 0 Å². The number of hydrogen-bond donors (Lipinski definition) is 0. The summed E-state index contributed by atoms with van der Waals surface area (Å²) in [7, 11) is 0. The molecule has 0 amide bonds. The second kappa shape index (κ2) is 7.77. The molecule has 8 nitrogen and oxygen atoms in total. The van der Waals surface area contributed by atoms with Crippen LogP contribution >= 0.6 is 0 Å². The summed E-state index contributed by atoms with van der Waals surface area (Å²) in [5.74, 6) is -0.637. The smallest absolute Gasteiger partial charge is 0.338 e. The van der Waals surface area contributed by atoms with E-state index >= 15 is 0 Å². The van der Waals surface area contributed by atoms with Crippen LogP contribution in [0, 0.1) is 17.0 Å². The van der Waals surface area contributed by atoms with Gasteiger partial charge < -0.3 is 4.74 Å². The Morgan fingerprint density at radius 1 is 1.26 bits per heavy atom. The number of para-hydroxylation sites is 1. The highest BCUT2D eigenvalue weighted by Crippen LogP contribution is 2.19. The Bertz CT molecular complexity index is 1070. The van der Waals surface area contributed by atoms with Crippen molar-refractivity contribution in [3.05, 3.63) is 80.4 Å². The van der Waals surface area contributed by atoms with Gasteiger partial charge in [0.15, 0.2) is 0 Å². The predicted octanol–water partition coefficient (Wildman–Crippen LogP) is 2.86. The van der Waals surface area contributed by atoms with E-state index in [2.05, 4.69) is 4.98 Å². The van der Waals surface area contributed by atoms with E-state index in [1.54, 1.807) is 25.1 Å². The SMILES string of the molecule is Cc1ccc(C(=O)OCCCn2cnc3ccccc3c2=O)cc1[N+](=O)[O-]. The van der Waals surface area contributed by atoms with Gasteiger partial charge in [0, 0.05) is 18.2 Å². The van der Waals surface area contributed by atoms with Gasteiger partial charge in [-0.25, -0.2) is 9.78 Å². The summed E-state index contributed by atoms with van der Waals surface area (Å²) in [6.45, 7) is 2.03. The van der Waals surface area contributed by atoms with Gasteiger partial charge in [-0.1, -0.05) is 18.2 Å². The molecule has 1 aromatic heterocycles. The molecule has 2 aromatic carbocycles. The van der Waals surface area contributed by atoms with Crippen molar-refractivity contribution in [2.45, 2.75) is 19.9 Å². The first kappa shape index (κ1) is 18.2. The average Bonchev–Trinajstić information content (AvgIpc) is 2.67. The quantitative estimate of drug-likeness (QED) is 0.287. The third-order valence-electron chi connectivity index (χ3n) is 4.15. The summed E-state index contributed by atoms with van der Waals surface area (Å²) < 4.78 is 6.62. The fourth-order valence-corrected chi connectivity index (χ4v) is 2.68. The zero-order valence-electron chi connectivity index (χ0n) is 14.6. The molecule has 0 fully saturated rings. The minimum absolute atomic E-state index is 0.0831. The summed E-state index contributed by atoms with van der Waals surface area (Å²) in [5.41, 5.74) is 0.946. The number of benzene rings is 2. The van der Waals surface area contributed by atoms with Crippen molar-refractivity contribution in [2.75, 3.05) is 6.61 Å². The van der Waals surface area contributed by atoms with Crippen LogP contribution in [0.15, 0.2) is 53.6 Å². The number of aryl methyl sites for hydroxylation is 2. The molecular weight excluding hydrogens is 350 g/mol. The first-order valence-corrected chi connectivity index (χ1v) is 8.34. The summed E-state index contributed by atoms with van der Waals surface area (Å²) >= 11 is 0. The second-order valence-corrected chi connectivity index (χ2v) is 6.01. The molecule has 3 rings (SSSR count). The largest absolute Gasteiger partial charge is 0.462 e. The topological polar surface area (TPSA) is 104 Å². The van der Waals surface area contributed by atoms with E-state index in [9.17, 15) is 19.7 Å². The first-order valence-electron chi connectivity index (χ1n) is 8.34. The Morgan fingerprint density at radius 2 is 2.04 bits per heavy atom. The molecule has 8 heteroatoms. The lowest BCUT2D eigenvalue weighted by atomic mass is 10.1. The third kappa shape index (κ3) is 4.00. The summed E-state index contributed by atoms with van der Waals surface area (Å²) in [4.78, 5) is 39.1. The standard InChI is InChI=1S/C19H17N3O5/c1-13-7-8-14(11-17(13)22(25)26)19(24)27-10-4-9-21-12-20-16-6-3-2-5-15(16)18(21)23/h2-3,5-8,11-12H,4,9-10H2,1H3. The van der Waals surface area contributed by atoms with Gasteiger partial charge >= 0.3 is 5.97 Å². The number of aromatic nitrogens is 2. The van der Waals surface area contributed by atoms with Gasteiger partial charge in [-0.05, 0) is 31.5 Å². The first-order chi connectivity index (χ1) is 13.0. The molecule has 0 spiro atoms. The third-order valence-corrected chi connectivity index (χ3v) is 4.15. The number of nitro benzene ring substituents is 1. The van der Waals surface area contributed by atoms with Crippen LogP contribution in [0.4, 0.5) is 5.69 Å². The summed E-state index contributed by atoms with van der Waals surface area (Å²) in [6.07, 6.45) is 1.88. The number of hydrogen-bond acceptors (Lipinski definition) is 6. The predicted molar refractivity (Wildman–Crippen MR) is 98.7 cm³/mol. The number of carbonyl (C=O) groups is 1. The van der Waals surface area contributed by atoms with Crippen molar-refractivity contribution in [3.8, 4) is 0 Å². The normalized spacial score (nSPS) is 10.7. The van der Waals surface area contributed by atoms with Crippen molar-refractivity contribution < 1.29 is 14.5 Å². The van der Waals surface area contributed by atoms with Gasteiger partial charge in [0.05, 0.1) is 34.3 Å². The molecule has 0 atom stereocenters. The summed E-state index contributed by atoms with van der Waals surface area (Å²) in [6, 6.07) is 11.3. The van der Waals surface area contributed by atoms with E-state index in [1.165, 1.54) is 29.1 Å². The molecular formula is C19H17N3O5. The highest BCUT2D eigenvalue weighted by Gasteiger charge is 2.15. The molecule has 27 heavy (non-hydrogen) atoms. The van der Waals surface area contributed by atoms with Crippen LogP contribution in [-0.4, -0.2) is 27.1 Å². The fraction of sp³-hybridized carbons (Fsp3) is 0.211. The van der Waals surface area contributed by atoms with E-state index in [0.717, 1.165) is 0 Å². The zero-order valence-corrected chi connectivity index (χ0v) is 14.6. The number of carbonyl (C=O) groups excluding carboxylic acids is 1. The second-order valence-electron chi connectivity index (χ2n) is 6.01. The molecule has 0 radical (unpaired) electrons. The van der Waals surface area contributed by atoms with E-state index in [1.807, 2.05) is 6.07 Å². The molecule has 138 valence electrons. The van der Waals surface area contributed by atoms with Crippen LogP contribution in [0.1, 0.15) is 22.3 Å². The Kier molecular flexibility index (Phi) is 5.25. The maximum absolute atomic E-state index is 12.4. The monoisotopic (exact) mass is 367 g/mol. The van der Waals surface area contributed by atoms with Gasteiger partial charge in [0.2, 0.25) is 0 Å². The molecule has 0 saturated carbocycles. The minimum Gasteiger partial charge on any atom is -0.462 e. The van der Waals surface area contributed by atoms with Crippen molar-refractivity contribution in [1.29, 1.82) is 0 Å². The Hall–Kier alpha value is -3.55. The zero-order chi connectivity index (χ0) is 19.4. The Morgan fingerprint density at radius 3 is 2.81 bits per heavy atom. The molecule has 0 aliphatic rings. The maximum atomic E-state index is 12.4. The van der Waals surface area contributed by atoms with Crippen LogP contribution in [0.2, 0.25) is 0 Å². The van der Waals surface area contributed by atoms with Crippen molar-refractivity contribution in [2.24, 2.45) is 0 Å². The number of rotatable bonds is 6. The number of ether oxygens (including phenoxy) is 1. The van der Waals surface area contributed by atoms with Crippen LogP contribution in [0.5, 0.6) is 0 Å². The number of nitrogens with zero attached hydrogens (tertiary/aromatic N) is 3. The van der Waals surface area contributed by atoms with Crippen molar-refractivity contribution in [3.63, 3.8) is 0 Å². The molecule has 0 unspecified atom stereocenters. The van der Waals surface area contributed by atoms with E-state index in [4.69, 9.17) is 4.74 Å². The lowest BCUT2D eigenvalue weighted by Gasteiger charge is -2.08. The number of esters is 1. The van der Waals surface area contributed by atoms with Crippen LogP contribution < -0.4 is 5.56 Å². The summed E-state index contributed by atoms with van der Waals surface area (Å²) in [5, 5.41) is 11.5. The van der Waals surface area contributed by atoms with Gasteiger partial charge in [-0.15, -0.1) is 0 Å². The van der Waals surface area contributed by atoms with Gasteiger partial charge in [-0.3, -0.25) is 19.5 Å². The van der Waals surface area contributed by atoms with E-state index in [0.29, 0.717) is 29.4 Å². The van der Waals surface area contributed by atoms with E-state index < -0.39 is 10.9 Å². The molecule has 0 bridgehead atoms. The van der Waals surface area contributed by atoms with Gasteiger partial charge in [0.25, 0.3) is 11.2 Å². The Balaban J connectivity index is 1.60. The van der Waals surface area contributed by atoms with Crippen LogP contribution in [0.25, 0.3) is 10.9 Å². The van der Waals surface area contributed by atoms with E-state index in [-0.39, 0.29) is 23.4 Å². The minimum atomic E-state index is -0.637. The van der Waals surface area contributed by atoms with Gasteiger partial charge in [0.1, 0.15) is 0 Å². The highest BCUT2D eigenvalue weighted by molar-refractivity contribution is 5.90. The number of fused-ring (bicyclic) bond motifs is 1. The Labute approximate surface area is 154 Å². The van der Waals surface area contributed by atoms with Crippen LogP contribution in [-0.2, 0) is 11.3 Å². The van der Waals surface area contributed by atoms with Crippen LogP contribution in [0.3, 0.4) is 0 Å². The molecule has 0 aliphatic heterocycles. The maximum Gasteiger partial charge on any atom is 0.338 e. The molecule has 3 aromatic rings. The fourth-order valence-electron chi connectivity index (χ4n) is 2.68. The lowest BCUT2D eigenvalue weighted by molar-refractivity contribution is -0.385.